The first-order valence-corrected chi connectivity index (χ1v) is 17.1. The minimum atomic E-state index is -4.14. The first kappa shape index (κ1) is 29.5. The van der Waals surface area contributed by atoms with E-state index in [9.17, 15) is 18.0 Å². The lowest BCUT2D eigenvalue weighted by atomic mass is 9.42. The molecule has 0 spiro atoms. The molecule has 1 aromatic rings. The SMILES string of the molecule is CC[C@H]1CC2C3CC[C@H]([C@H](C)CCC(=O)NS(=O)(=O)c4ccc(C(=O)O)cn4)[C@@]3(C)CCC2[C@@]2(C)CCCC[C@@H]12. The highest BCUT2D eigenvalue weighted by molar-refractivity contribution is 7.90. The van der Waals surface area contributed by atoms with Crippen LogP contribution in [0.2, 0.25) is 0 Å². The van der Waals surface area contributed by atoms with E-state index in [2.05, 4.69) is 37.4 Å². The molecule has 0 aliphatic heterocycles. The Bertz CT molecular complexity index is 1220. The fraction of sp³-hybridized carbons (Fsp3) is 0.781. The summed E-state index contributed by atoms with van der Waals surface area (Å²) in [4.78, 5) is 27.4. The van der Waals surface area contributed by atoms with Crippen LogP contribution in [0.25, 0.3) is 0 Å². The molecule has 9 atom stereocenters. The third-order valence-electron chi connectivity index (χ3n) is 12.4. The molecular weight excluding hydrogens is 524 g/mol. The number of aromatic nitrogens is 1. The third kappa shape index (κ3) is 5.11. The minimum absolute atomic E-state index is 0.109. The summed E-state index contributed by atoms with van der Waals surface area (Å²) in [6.07, 6.45) is 15.3. The Morgan fingerprint density at radius 2 is 1.80 bits per heavy atom. The second-order valence-corrected chi connectivity index (χ2v) is 15.7. The zero-order valence-electron chi connectivity index (χ0n) is 24.7. The number of aromatic carboxylic acids is 1. The van der Waals surface area contributed by atoms with Gasteiger partial charge in [0.2, 0.25) is 5.91 Å². The number of hydrogen-bond donors (Lipinski definition) is 2. The normalized spacial score (nSPS) is 38.0. The molecule has 1 aromatic heterocycles. The molecule has 8 heteroatoms. The minimum Gasteiger partial charge on any atom is -0.478 e. The van der Waals surface area contributed by atoms with Crippen LogP contribution in [0, 0.1) is 52.3 Å². The number of carbonyl (C=O) groups is 2. The number of nitrogens with zero attached hydrogens (tertiary/aromatic N) is 1. The highest BCUT2D eigenvalue weighted by atomic mass is 32.2. The number of carbonyl (C=O) groups excluding carboxylic acids is 1. The first-order chi connectivity index (χ1) is 18.9. The van der Waals surface area contributed by atoms with Crippen molar-refractivity contribution in [2.45, 2.75) is 110 Å². The molecule has 4 aliphatic carbocycles. The van der Waals surface area contributed by atoms with Gasteiger partial charge in [0, 0.05) is 12.6 Å². The number of pyridine rings is 1. The molecule has 0 saturated heterocycles. The largest absolute Gasteiger partial charge is 0.478 e. The van der Waals surface area contributed by atoms with Crippen molar-refractivity contribution in [3.8, 4) is 0 Å². The molecule has 222 valence electrons. The topological polar surface area (TPSA) is 113 Å². The Hall–Kier alpha value is -1.96. The maximum atomic E-state index is 12.7. The number of amides is 1. The van der Waals surface area contributed by atoms with Gasteiger partial charge in [-0.3, -0.25) is 4.79 Å². The Morgan fingerprint density at radius 3 is 2.48 bits per heavy atom. The van der Waals surface area contributed by atoms with Crippen molar-refractivity contribution in [3.05, 3.63) is 23.9 Å². The van der Waals surface area contributed by atoms with Crippen molar-refractivity contribution in [1.82, 2.24) is 9.71 Å². The van der Waals surface area contributed by atoms with Gasteiger partial charge in [-0.25, -0.2) is 14.5 Å². The maximum Gasteiger partial charge on any atom is 0.337 e. The summed E-state index contributed by atoms with van der Waals surface area (Å²) in [5.74, 6) is 3.41. The lowest BCUT2D eigenvalue weighted by molar-refractivity contribution is -0.138. The van der Waals surface area contributed by atoms with Gasteiger partial charge in [-0.05, 0) is 116 Å². The fourth-order valence-corrected chi connectivity index (χ4v) is 11.4. The molecule has 5 rings (SSSR count). The van der Waals surface area contributed by atoms with Crippen LogP contribution in [0.4, 0.5) is 0 Å². The Kier molecular flexibility index (Phi) is 8.14. The number of fused-ring (bicyclic) bond motifs is 5. The summed E-state index contributed by atoms with van der Waals surface area (Å²) in [6.45, 7) is 9.85. The van der Waals surface area contributed by atoms with E-state index in [4.69, 9.17) is 5.11 Å². The predicted molar refractivity (Wildman–Crippen MR) is 154 cm³/mol. The van der Waals surface area contributed by atoms with Gasteiger partial charge in [0.1, 0.15) is 0 Å². The van der Waals surface area contributed by atoms with Crippen LogP contribution in [0.15, 0.2) is 23.4 Å². The molecular formula is C32H48N2O5S. The van der Waals surface area contributed by atoms with E-state index < -0.39 is 21.9 Å². The van der Waals surface area contributed by atoms with Crippen molar-refractivity contribution in [1.29, 1.82) is 0 Å². The van der Waals surface area contributed by atoms with Crippen molar-refractivity contribution in [2.75, 3.05) is 0 Å². The summed E-state index contributed by atoms with van der Waals surface area (Å²) >= 11 is 0. The standard InChI is InChI=1S/C32H48N2O5S/c1-5-21-18-23-26-12-11-24(32(26,4)17-15-27(23)31(3)16-7-6-8-25(21)31)20(2)9-13-28(35)34-40(38,39)29-14-10-22(19-33-29)30(36)37/h10,14,19-21,23-27H,5-9,11-13,15-18H2,1-4H3,(H,34,35)(H,36,37)/t20-,21+,23?,24-,25+,26?,27?,31+,32-/m1/s1. The quantitative estimate of drug-likeness (QED) is 0.359. The number of carboxylic acids is 1. The number of carboxylic acid groups (broad SMARTS) is 1. The molecule has 1 amide bonds. The number of hydrogen-bond acceptors (Lipinski definition) is 5. The van der Waals surface area contributed by atoms with E-state index in [-0.39, 0.29) is 17.0 Å². The molecule has 1 heterocycles. The highest BCUT2D eigenvalue weighted by Crippen LogP contribution is 2.69. The van der Waals surface area contributed by atoms with Gasteiger partial charge in [0.05, 0.1) is 5.56 Å². The average molecular weight is 573 g/mol. The van der Waals surface area contributed by atoms with Gasteiger partial charge in [-0.15, -0.1) is 0 Å². The van der Waals surface area contributed by atoms with Crippen LogP contribution in [-0.2, 0) is 14.8 Å². The van der Waals surface area contributed by atoms with Crippen molar-refractivity contribution < 1.29 is 23.1 Å². The van der Waals surface area contributed by atoms with Gasteiger partial charge < -0.3 is 5.11 Å². The molecule has 4 fully saturated rings. The maximum absolute atomic E-state index is 12.7. The first-order valence-electron chi connectivity index (χ1n) is 15.7. The van der Waals surface area contributed by atoms with E-state index in [1.54, 1.807) is 0 Å². The van der Waals surface area contributed by atoms with Gasteiger partial charge >= 0.3 is 5.97 Å². The Balaban J connectivity index is 1.22. The highest BCUT2D eigenvalue weighted by Gasteiger charge is 2.61. The zero-order chi connectivity index (χ0) is 28.9. The predicted octanol–water partition coefficient (Wildman–Crippen LogP) is 6.69. The second-order valence-electron chi connectivity index (χ2n) is 14.1. The summed E-state index contributed by atoms with van der Waals surface area (Å²) in [7, 11) is -4.14. The van der Waals surface area contributed by atoms with Gasteiger partial charge in [0.25, 0.3) is 10.0 Å². The van der Waals surface area contributed by atoms with Crippen molar-refractivity contribution >= 4 is 21.9 Å². The zero-order valence-corrected chi connectivity index (χ0v) is 25.5. The lowest BCUT2D eigenvalue weighted by Gasteiger charge is -2.63. The smallest absolute Gasteiger partial charge is 0.337 e. The van der Waals surface area contributed by atoms with Crippen LogP contribution in [-0.4, -0.2) is 30.4 Å². The van der Waals surface area contributed by atoms with E-state index in [0.717, 1.165) is 41.9 Å². The molecule has 7 nitrogen and oxygen atoms in total. The van der Waals surface area contributed by atoms with Crippen molar-refractivity contribution in [2.24, 2.45) is 52.3 Å². The van der Waals surface area contributed by atoms with Crippen LogP contribution in [0.1, 0.15) is 115 Å². The molecule has 0 bridgehead atoms. The lowest BCUT2D eigenvalue weighted by Crippen LogP contribution is -2.55. The average Bonchev–Trinajstić information content (AvgIpc) is 3.28. The Labute approximate surface area is 240 Å². The fourth-order valence-electron chi connectivity index (χ4n) is 10.5. The summed E-state index contributed by atoms with van der Waals surface area (Å²) in [5.41, 5.74) is 0.705. The van der Waals surface area contributed by atoms with E-state index >= 15 is 0 Å². The number of sulfonamides is 1. The molecule has 0 radical (unpaired) electrons. The molecule has 4 saturated carbocycles. The van der Waals surface area contributed by atoms with Gasteiger partial charge in [-0.1, -0.05) is 47.0 Å². The molecule has 4 aliphatic rings. The monoisotopic (exact) mass is 572 g/mol. The van der Waals surface area contributed by atoms with Gasteiger partial charge in [0.15, 0.2) is 5.03 Å². The molecule has 0 aromatic carbocycles. The summed E-state index contributed by atoms with van der Waals surface area (Å²) < 4.78 is 27.4. The second kappa shape index (κ2) is 11.0. The summed E-state index contributed by atoms with van der Waals surface area (Å²) in [5, 5.41) is 8.65. The van der Waals surface area contributed by atoms with E-state index in [0.29, 0.717) is 29.1 Å². The summed E-state index contributed by atoms with van der Waals surface area (Å²) in [6, 6.07) is 2.29. The van der Waals surface area contributed by atoms with E-state index in [1.165, 1.54) is 70.3 Å². The van der Waals surface area contributed by atoms with Crippen molar-refractivity contribution in [3.63, 3.8) is 0 Å². The van der Waals surface area contributed by atoms with Gasteiger partial charge in [-0.2, -0.15) is 8.42 Å². The van der Waals surface area contributed by atoms with E-state index in [1.807, 2.05) is 0 Å². The third-order valence-corrected chi connectivity index (χ3v) is 13.7. The number of nitrogens with one attached hydrogen (secondary N) is 1. The Morgan fingerprint density at radius 1 is 1.05 bits per heavy atom. The molecule has 3 unspecified atom stereocenters. The van der Waals surface area contributed by atoms with Crippen LogP contribution < -0.4 is 4.72 Å². The van der Waals surface area contributed by atoms with Crippen LogP contribution in [0.3, 0.4) is 0 Å². The number of rotatable bonds is 8. The van der Waals surface area contributed by atoms with Crippen LogP contribution >= 0.6 is 0 Å². The molecule has 2 N–H and O–H groups in total. The van der Waals surface area contributed by atoms with Crippen LogP contribution in [0.5, 0.6) is 0 Å². The molecule has 40 heavy (non-hydrogen) atoms.